The predicted molar refractivity (Wildman–Crippen MR) is 68.9 cm³/mol. The van der Waals surface area contributed by atoms with Crippen molar-refractivity contribution in [1.82, 2.24) is 9.62 Å². The van der Waals surface area contributed by atoms with E-state index in [2.05, 4.69) is 5.32 Å². The van der Waals surface area contributed by atoms with E-state index < -0.39 is 21.2 Å². The lowest BCUT2D eigenvalue weighted by Gasteiger charge is -2.26. The van der Waals surface area contributed by atoms with E-state index in [-0.39, 0.29) is 6.04 Å². The minimum Gasteiger partial charge on any atom is -0.480 e. The summed E-state index contributed by atoms with van der Waals surface area (Å²) in [5.41, 5.74) is 0. The highest BCUT2D eigenvalue weighted by atomic mass is 32.2. The van der Waals surface area contributed by atoms with Gasteiger partial charge in [-0.1, -0.05) is 6.92 Å². The van der Waals surface area contributed by atoms with Gasteiger partial charge in [-0.15, -0.1) is 0 Å². The van der Waals surface area contributed by atoms with E-state index in [9.17, 15) is 13.2 Å². The van der Waals surface area contributed by atoms with Gasteiger partial charge in [-0.05, 0) is 32.7 Å². The van der Waals surface area contributed by atoms with E-state index in [1.165, 1.54) is 11.2 Å². The van der Waals surface area contributed by atoms with E-state index in [1.807, 2.05) is 6.92 Å². The van der Waals surface area contributed by atoms with Gasteiger partial charge in [0.2, 0.25) is 10.0 Å². The molecule has 6 nitrogen and oxygen atoms in total. The van der Waals surface area contributed by atoms with Crippen molar-refractivity contribution in [1.29, 1.82) is 0 Å². The molecule has 1 saturated heterocycles. The minimum absolute atomic E-state index is 0.146. The number of carboxylic acids is 1. The molecule has 18 heavy (non-hydrogen) atoms. The first kappa shape index (κ1) is 15.4. The molecule has 1 rings (SSSR count). The summed E-state index contributed by atoms with van der Waals surface area (Å²) in [5, 5.41) is 10.7. The van der Waals surface area contributed by atoms with Crippen LogP contribution in [0.25, 0.3) is 0 Å². The molecule has 1 aliphatic heterocycles. The summed E-state index contributed by atoms with van der Waals surface area (Å²) < 4.78 is 25.6. The number of carbonyl (C=O) groups is 1. The van der Waals surface area contributed by atoms with Crippen LogP contribution >= 0.6 is 0 Å². The van der Waals surface area contributed by atoms with Gasteiger partial charge in [0.05, 0.1) is 0 Å². The lowest BCUT2D eigenvalue weighted by molar-refractivity contribution is -0.136. The fourth-order valence-corrected chi connectivity index (χ4v) is 3.61. The molecule has 106 valence electrons. The quantitative estimate of drug-likeness (QED) is 0.697. The van der Waals surface area contributed by atoms with Crippen LogP contribution in [0.3, 0.4) is 0 Å². The third kappa shape index (κ3) is 3.66. The number of nitrogens with one attached hydrogen (secondary N) is 1. The molecule has 1 aliphatic rings. The molecule has 0 aromatic rings. The second kappa shape index (κ2) is 6.49. The Morgan fingerprint density at radius 1 is 1.56 bits per heavy atom. The average Bonchev–Trinajstić information content (AvgIpc) is 2.80. The van der Waals surface area contributed by atoms with Crippen molar-refractivity contribution >= 4 is 16.0 Å². The fourth-order valence-electron chi connectivity index (χ4n) is 2.08. The van der Waals surface area contributed by atoms with Gasteiger partial charge in [-0.3, -0.25) is 4.79 Å². The number of carboxylic acid groups (broad SMARTS) is 1. The number of sulfonamides is 1. The van der Waals surface area contributed by atoms with E-state index in [4.69, 9.17) is 5.11 Å². The predicted octanol–water partition coefficient (Wildman–Crippen LogP) is 0.253. The van der Waals surface area contributed by atoms with Crippen molar-refractivity contribution in [3.8, 4) is 0 Å². The summed E-state index contributed by atoms with van der Waals surface area (Å²) in [4.78, 5) is 10.9. The van der Waals surface area contributed by atoms with Gasteiger partial charge in [0.1, 0.15) is 0 Å². The molecule has 7 heteroatoms. The lowest BCUT2D eigenvalue weighted by Crippen LogP contribution is -2.46. The Morgan fingerprint density at radius 3 is 2.67 bits per heavy atom. The molecule has 0 aromatic carbocycles. The largest absolute Gasteiger partial charge is 0.480 e. The second-order valence-electron chi connectivity index (χ2n) is 4.68. The Bertz CT molecular complexity index is 377. The minimum atomic E-state index is -3.76. The Morgan fingerprint density at radius 2 is 2.22 bits per heavy atom. The van der Waals surface area contributed by atoms with Gasteiger partial charge in [-0.2, -0.15) is 4.31 Å². The van der Waals surface area contributed by atoms with Crippen molar-refractivity contribution in [3.63, 3.8) is 0 Å². The number of hydrogen-bond acceptors (Lipinski definition) is 4. The maximum Gasteiger partial charge on any atom is 0.323 e. The van der Waals surface area contributed by atoms with Crippen LogP contribution in [-0.4, -0.2) is 54.7 Å². The monoisotopic (exact) mass is 278 g/mol. The van der Waals surface area contributed by atoms with E-state index in [0.29, 0.717) is 19.5 Å². The van der Waals surface area contributed by atoms with E-state index in [1.54, 1.807) is 0 Å². The summed E-state index contributed by atoms with van der Waals surface area (Å²) >= 11 is 0. The molecule has 0 radical (unpaired) electrons. The van der Waals surface area contributed by atoms with Gasteiger partial charge in [0.25, 0.3) is 0 Å². The first-order valence-electron chi connectivity index (χ1n) is 6.34. The van der Waals surface area contributed by atoms with Crippen LogP contribution in [0.15, 0.2) is 0 Å². The molecule has 0 aromatic heterocycles. The van der Waals surface area contributed by atoms with Crippen LogP contribution in [0.5, 0.6) is 0 Å². The highest BCUT2D eigenvalue weighted by Crippen LogP contribution is 2.14. The van der Waals surface area contributed by atoms with Gasteiger partial charge in [-0.25, -0.2) is 8.42 Å². The molecular weight excluding hydrogens is 256 g/mol. The Hall–Kier alpha value is -0.660. The third-order valence-corrected chi connectivity index (χ3v) is 5.36. The molecule has 0 bridgehead atoms. The molecule has 2 atom stereocenters. The van der Waals surface area contributed by atoms with Crippen LogP contribution in [0, 0.1) is 0 Å². The molecule has 1 fully saturated rings. The summed E-state index contributed by atoms with van der Waals surface area (Å²) in [6.07, 6.45) is 2.66. The molecule has 0 spiro atoms. The standard InChI is InChI=1S/C11H22N2O4S/c1-3-7-13(8-10-5-4-6-12-10)18(16,17)9(2)11(14)15/h9-10,12H,3-8H2,1-2H3,(H,14,15). The van der Waals surface area contributed by atoms with Crippen molar-refractivity contribution < 1.29 is 18.3 Å². The maximum absolute atomic E-state index is 12.2. The van der Waals surface area contributed by atoms with Crippen LogP contribution < -0.4 is 5.32 Å². The zero-order valence-corrected chi connectivity index (χ0v) is 11.7. The Labute approximate surface area is 108 Å². The summed E-state index contributed by atoms with van der Waals surface area (Å²) in [5.74, 6) is -1.30. The fraction of sp³-hybridized carbons (Fsp3) is 0.909. The van der Waals surface area contributed by atoms with Gasteiger partial charge < -0.3 is 10.4 Å². The molecule has 2 N–H and O–H groups in total. The molecule has 1 heterocycles. The highest BCUT2D eigenvalue weighted by molar-refractivity contribution is 7.90. The molecule has 0 aliphatic carbocycles. The lowest BCUT2D eigenvalue weighted by atomic mass is 10.2. The zero-order chi connectivity index (χ0) is 13.8. The highest BCUT2D eigenvalue weighted by Gasteiger charge is 2.34. The Kier molecular flexibility index (Phi) is 5.55. The van der Waals surface area contributed by atoms with Crippen molar-refractivity contribution in [2.24, 2.45) is 0 Å². The van der Waals surface area contributed by atoms with Crippen molar-refractivity contribution in [2.75, 3.05) is 19.6 Å². The first-order valence-corrected chi connectivity index (χ1v) is 7.85. The van der Waals surface area contributed by atoms with E-state index >= 15 is 0 Å². The first-order chi connectivity index (χ1) is 8.39. The summed E-state index contributed by atoms with van der Waals surface area (Å²) in [6, 6.07) is 0.146. The number of nitrogens with zero attached hydrogens (tertiary/aromatic N) is 1. The zero-order valence-electron chi connectivity index (χ0n) is 10.9. The molecule has 0 amide bonds. The van der Waals surface area contributed by atoms with Gasteiger partial charge >= 0.3 is 5.97 Å². The van der Waals surface area contributed by atoms with Gasteiger partial charge in [0.15, 0.2) is 5.25 Å². The SMILES string of the molecule is CCCN(CC1CCCN1)S(=O)(=O)C(C)C(=O)O. The van der Waals surface area contributed by atoms with E-state index in [0.717, 1.165) is 19.4 Å². The molecular formula is C11H22N2O4S. The molecule has 2 unspecified atom stereocenters. The van der Waals surface area contributed by atoms with Crippen molar-refractivity contribution in [2.45, 2.75) is 44.4 Å². The summed E-state index contributed by atoms with van der Waals surface area (Å²) in [6.45, 7) is 4.75. The smallest absolute Gasteiger partial charge is 0.323 e. The number of rotatable bonds is 7. The van der Waals surface area contributed by atoms with Crippen LogP contribution in [0.4, 0.5) is 0 Å². The topological polar surface area (TPSA) is 86.7 Å². The third-order valence-electron chi connectivity index (χ3n) is 3.21. The van der Waals surface area contributed by atoms with Crippen LogP contribution in [-0.2, 0) is 14.8 Å². The maximum atomic E-state index is 12.2. The number of hydrogen-bond donors (Lipinski definition) is 2. The van der Waals surface area contributed by atoms with Crippen molar-refractivity contribution in [3.05, 3.63) is 0 Å². The number of aliphatic carboxylic acids is 1. The summed E-state index contributed by atoms with van der Waals surface area (Å²) in [7, 11) is -3.76. The normalized spacial score (nSPS) is 22.3. The van der Waals surface area contributed by atoms with Crippen LogP contribution in [0.2, 0.25) is 0 Å². The average molecular weight is 278 g/mol. The second-order valence-corrected chi connectivity index (χ2v) is 6.93. The molecule has 0 saturated carbocycles. The Balaban J connectivity index is 2.78. The van der Waals surface area contributed by atoms with Gasteiger partial charge in [0, 0.05) is 19.1 Å². The van der Waals surface area contributed by atoms with Crippen LogP contribution in [0.1, 0.15) is 33.1 Å².